The Balaban J connectivity index is 2.43. The predicted octanol–water partition coefficient (Wildman–Crippen LogP) is 3.08. The predicted molar refractivity (Wildman–Crippen MR) is 59.7 cm³/mol. The molecule has 0 radical (unpaired) electrons. The number of benzene rings is 1. The number of halogens is 3. The van der Waals surface area contributed by atoms with Crippen LogP contribution in [0, 0.1) is 0 Å². The van der Waals surface area contributed by atoms with E-state index in [4.69, 9.17) is 4.42 Å². The molecular formula is C12H11F3N2O. The van der Waals surface area contributed by atoms with Crippen molar-refractivity contribution in [3.63, 3.8) is 0 Å². The minimum absolute atomic E-state index is 0.0202. The van der Waals surface area contributed by atoms with E-state index in [1.54, 1.807) is 7.05 Å². The maximum absolute atomic E-state index is 12.8. The van der Waals surface area contributed by atoms with E-state index in [0.29, 0.717) is 12.2 Å². The third-order valence-corrected chi connectivity index (χ3v) is 2.37. The van der Waals surface area contributed by atoms with Crippen LogP contribution in [-0.2, 0) is 12.7 Å². The maximum Gasteiger partial charge on any atom is 0.417 e. The van der Waals surface area contributed by atoms with Crippen LogP contribution in [0.1, 0.15) is 11.3 Å². The Kier molecular flexibility index (Phi) is 3.38. The minimum atomic E-state index is -4.42. The summed E-state index contributed by atoms with van der Waals surface area (Å²) < 4.78 is 43.5. The van der Waals surface area contributed by atoms with E-state index in [0.717, 1.165) is 6.07 Å². The summed E-state index contributed by atoms with van der Waals surface area (Å²) in [5, 5.41) is 2.85. The minimum Gasteiger partial charge on any atom is -0.444 e. The van der Waals surface area contributed by atoms with Crippen LogP contribution in [0.3, 0.4) is 0 Å². The molecule has 18 heavy (non-hydrogen) atoms. The van der Waals surface area contributed by atoms with Gasteiger partial charge < -0.3 is 9.73 Å². The summed E-state index contributed by atoms with van der Waals surface area (Å²) in [5.41, 5.74) is -0.236. The zero-order valence-corrected chi connectivity index (χ0v) is 9.58. The Morgan fingerprint density at radius 3 is 2.67 bits per heavy atom. The quantitative estimate of drug-likeness (QED) is 0.917. The lowest BCUT2D eigenvalue weighted by atomic mass is 10.1. The van der Waals surface area contributed by atoms with Crippen molar-refractivity contribution in [1.82, 2.24) is 10.3 Å². The number of hydrogen-bond donors (Lipinski definition) is 1. The highest BCUT2D eigenvalue weighted by Gasteiger charge is 2.34. The molecule has 0 bridgehead atoms. The molecule has 0 aliphatic heterocycles. The molecule has 1 N–H and O–H groups in total. The topological polar surface area (TPSA) is 38.1 Å². The molecule has 96 valence electrons. The highest BCUT2D eigenvalue weighted by molar-refractivity contribution is 5.59. The largest absolute Gasteiger partial charge is 0.444 e. The first-order valence-electron chi connectivity index (χ1n) is 5.28. The summed E-state index contributed by atoms with van der Waals surface area (Å²) >= 11 is 0. The van der Waals surface area contributed by atoms with Crippen molar-refractivity contribution in [3.05, 3.63) is 41.8 Å². The zero-order chi connectivity index (χ0) is 13.2. The summed E-state index contributed by atoms with van der Waals surface area (Å²) in [6.45, 7) is 0.442. The Morgan fingerprint density at radius 2 is 2.00 bits per heavy atom. The van der Waals surface area contributed by atoms with Crippen molar-refractivity contribution in [2.45, 2.75) is 12.7 Å². The number of aromatic nitrogens is 1. The van der Waals surface area contributed by atoms with Crippen LogP contribution in [0.5, 0.6) is 0 Å². The Morgan fingerprint density at radius 1 is 1.28 bits per heavy atom. The molecule has 6 heteroatoms. The van der Waals surface area contributed by atoms with E-state index >= 15 is 0 Å². The van der Waals surface area contributed by atoms with Crippen LogP contribution < -0.4 is 5.32 Å². The molecule has 1 aromatic carbocycles. The first-order valence-corrected chi connectivity index (χ1v) is 5.28. The Hall–Kier alpha value is -1.82. The molecule has 0 amide bonds. The molecule has 2 rings (SSSR count). The standard InChI is InChI=1S/C12H11F3N2O/c1-16-6-8-7-18-11(17-8)9-4-2-3-5-10(9)12(13,14)15/h2-5,7,16H,6H2,1H3. The third-order valence-electron chi connectivity index (χ3n) is 2.37. The Labute approximate surface area is 102 Å². The highest BCUT2D eigenvalue weighted by atomic mass is 19.4. The van der Waals surface area contributed by atoms with Crippen molar-refractivity contribution in [2.75, 3.05) is 7.05 Å². The molecule has 0 unspecified atom stereocenters. The summed E-state index contributed by atoms with van der Waals surface area (Å²) in [6, 6.07) is 5.21. The van der Waals surface area contributed by atoms with Gasteiger partial charge >= 0.3 is 6.18 Å². The second-order valence-corrected chi connectivity index (χ2v) is 3.72. The molecule has 1 heterocycles. The molecule has 3 nitrogen and oxygen atoms in total. The van der Waals surface area contributed by atoms with Crippen molar-refractivity contribution >= 4 is 0 Å². The van der Waals surface area contributed by atoms with Gasteiger partial charge in [0.25, 0.3) is 0 Å². The van der Waals surface area contributed by atoms with E-state index in [1.807, 2.05) is 0 Å². The van der Waals surface area contributed by atoms with Crippen molar-refractivity contribution in [1.29, 1.82) is 0 Å². The van der Waals surface area contributed by atoms with Crippen LogP contribution in [0.15, 0.2) is 34.9 Å². The maximum atomic E-state index is 12.8. The normalized spacial score (nSPS) is 11.8. The van der Waals surface area contributed by atoms with E-state index in [-0.39, 0.29) is 11.5 Å². The van der Waals surface area contributed by atoms with Crippen LogP contribution in [-0.4, -0.2) is 12.0 Å². The number of oxazole rings is 1. The molecule has 1 aromatic heterocycles. The average Bonchev–Trinajstić information content (AvgIpc) is 2.77. The number of rotatable bonds is 3. The summed E-state index contributed by atoms with van der Waals surface area (Å²) in [5.74, 6) is -0.0202. The van der Waals surface area contributed by atoms with Crippen LogP contribution in [0.25, 0.3) is 11.5 Å². The monoisotopic (exact) mass is 256 g/mol. The number of hydrogen-bond acceptors (Lipinski definition) is 3. The SMILES string of the molecule is CNCc1coc(-c2ccccc2C(F)(F)F)n1. The van der Waals surface area contributed by atoms with Gasteiger partial charge in [-0.1, -0.05) is 12.1 Å². The molecule has 0 saturated carbocycles. The fourth-order valence-electron chi connectivity index (χ4n) is 1.61. The van der Waals surface area contributed by atoms with Gasteiger partial charge in [0.05, 0.1) is 11.3 Å². The third kappa shape index (κ3) is 2.53. The van der Waals surface area contributed by atoms with Gasteiger partial charge in [-0.3, -0.25) is 0 Å². The van der Waals surface area contributed by atoms with Gasteiger partial charge in [-0.15, -0.1) is 0 Å². The second kappa shape index (κ2) is 4.81. The Bertz CT molecular complexity index is 534. The molecule has 0 saturated heterocycles. The first-order chi connectivity index (χ1) is 8.52. The highest BCUT2D eigenvalue weighted by Crippen LogP contribution is 2.36. The second-order valence-electron chi connectivity index (χ2n) is 3.72. The van der Waals surface area contributed by atoms with Crippen molar-refractivity contribution in [3.8, 4) is 11.5 Å². The summed E-state index contributed by atoms with van der Waals surface area (Å²) in [6.07, 6.45) is -3.08. The van der Waals surface area contributed by atoms with Gasteiger partial charge in [0.2, 0.25) is 5.89 Å². The van der Waals surface area contributed by atoms with E-state index < -0.39 is 11.7 Å². The number of alkyl halides is 3. The molecule has 0 atom stereocenters. The fraction of sp³-hybridized carbons (Fsp3) is 0.250. The summed E-state index contributed by atoms with van der Waals surface area (Å²) in [7, 11) is 1.72. The van der Waals surface area contributed by atoms with Crippen molar-refractivity contribution < 1.29 is 17.6 Å². The van der Waals surface area contributed by atoms with Gasteiger partial charge in [0.1, 0.15) is 6.26 Å². The van der Waals surface area contributed by atoms with Crippen molar-refractivity contribution in [2.24, 2.45) is 0 Å². The lowest BCUT2D eigenvalue weighted by molar-refractivity contribution is -0.137. The molecular weight excluding hydrogens is 245 g/mol. The lowest BCUT2D eigenvalue weighted by Gasteiger charge is -2.09. The van der Waals surface area contributed by atoms with Crippen LogP contribution in [0.4, 0.5) is 13.2 Å². The summed E-state index contributed by atoms with van der Waals surface area (Å²) in [4.78, 5) is 4.02. The van der Waals surface area contributed by atoms with Gasteiger partial charge in [-0.25, -0.2) is 4.98 Å². The van der Waals surface area contributed by atoms with Gasteiger partial charge in [0.15, 0.2) is 0 Å². The van der Waals surface area contributed by atoms with Crippen LogP contribution in [0.2, 0.25) is 0 Å². The molecule has 0 aliphatic rings. The molecule has 2 aromatic rings. The van der Waals surface area contributed by atoms with E-state index in [9.17, 15) is 13.2 Å². The average molecular weight is 256 g/mol. The molecule has 0 spiro atoms. The van der Waals surface area contributed by atoms with Gasteiger partial charge in [-0.2, -0.15) is 13.2 Å². The smallest absolute Gasteiger partial charge is 0.417 e. The molecule has 0 aliphatic carbocycles. The number of nitrogens with one attached hydrogen (secondary N) is 1. The van der Waals surface area contributed by atoms with Gasteiger partial charge in [-0.05, 0) is 19.2 Å². The number of nitrogens with zero attached hydrogens (tertiary/aromatic N) is 1. The van der Waals surface area contributed by atoms with Gasteiger partial charge in [0, 0.05) is 12.1 Å². The van der Waals surface area contributed by atoms with E-state index in [2.05, 4.69) is 10.3 Å². The lowest BCUT2D eigenvalue weighted by Crippen LogP contribution is -2.07. The molecule has 0 fully saturated rings. The fourth-order valence-corrected chi connectivity index (χ4v) is 1.61. The zero-order valence-electron chi connectivity index (χ0n) is 9.58. The van der Waals surface area contributed by atoms with E-state index in [1.165, 1.54) is 24.5 Å². The van der Waals surface area contributed by atoms with Crippen LogP contribution >= 0.6 is 0 Å². The first kappa shape index (κ1) is 12.6.